The first kappa shape index (κ1) is 17.0. The molecule has 0 N–H and O–H groups in total. The average molecular weight is 311 g/mol. The summed E-state index contributed by atoms with van der Waals surface area (Å²) in [6.45, 7) is 4.36. The van der Waals surface area contributed by atoms with Gasteiger partial charge in [-0.1, -0.05) is 13.8 Å². The van der Waals surface area contributed by atoms with Gasteiger partial charge in [-0.2, -0.15) is 0 Å². The standard InChI is InChI=1S/C13H13ClN2O3.C2H6/c1-17-10-3-9(4-11(5-10)18-2)8-19-12-6-15-13(14)16-7-12;1-2/h3-7H,8H2,1-2H3;1-2H3. The van der Waals surface area contributed by atoms with E-state index in [-0.39, 0.29) is 5.28 Å². The van der Waals surface area contributed by atoms with Gasteiger partial charge in [-0.15, -0.1) is 0 Å². The SMILES string of the molecule is CC.COc1cc(COc2cnc(Cl)nc2)cc(OC)c1. The van der Waals surface area contributed by atoms with E-state index in [1.807, 2.05) is 26.0 Å². The third-order valence-corrected chi connectivity index (χ3v) is 2.61. The fourth-order valence-corrected chi connectivity index (χ4v) is 1.59. The molecule has 0 amide bonds. The summed E-state index contributed by atoms with van der Waals surface area (Å²) in [7, 11) is 3.21. The van der Waals surface area contributed by atoms with E-state index in [2.05, 4.69) is 9.97 Å². The summed E-state index contributed by atoms with van der Waals surface area (Å²) in [5.74, 6) is 1.97. The first-order valence-corrected chi connectivity index (χ1v) is 6.91. The molecule has 0 unspecified atom stereocenters. The monoisotopic (exact) mass is 310 g/mol. The maximum atomic E-state index is 5.60. The minimum absolute atomic E-state index is 0.190. The third-order valence-electron chi connectivity index (χ3n) is 2.41. The second kappa shape index (κ2) is 9.02. The molecule has 0 bridgehead atoms. The van der Waals surface area contributed by atoms with Gasteiger partial charge in [0.15, 0.2) is 5.75 Å². The van der Waals surface area contributed by atoms with Crippen molar-refractivity contribution in [1.29, 1.82) is 0 Å². The van der Waals surface area contributed by atoms with Crippen molar-refractivity contribution in [2.75, 3.05) is 14.2 Å². The second-order valence-corrected chi connectivity index (χ2v) is 4.04. The molecule has 0 spiro atoms. The molecule has 0 atom stereocenters. The Morgan fingerprint density at radius 1 is 0.905 bits per heavy atom. The van der Waals surface area contributed by atoms with Crippen LogP contribution in [0.3, 0.4) is 0 Å². The smallest absolute Gasteiger partial charge is 0.222 e. The van der Waals surface area contributed by atoms with E-state index < -0.39 is 0 Å². The first-order valence-electron chi connectivity index (χ1n) is 6.53. The van der Waals surface area contributed by atoms with Crippen molar-refractivity contribution in [1.82, 2.24) is 9.97 Å². The summed E-state index contributed by atoms with van der Waals surface area (Å²) in [5.41, 5.74) is 0.922. The fraction of sp³-hybridized carbons (Fsp3) is 0.333. The molecule has 0 aliphatic rings. The molecular formula is C15H19ClN2O3. The number of ether oxygens (including phenoxy) is 3. The molecule has 5 nitrogen and oxygen atoms in total. The summed E-state index contributed by atoms with van der Waals surface area (Å²) in [5, 5.41) is 0.190. The molecule has 1 aromatic heterocycles. The topological polar surface area (TPSA) is 53.5 Å². The number of methoxy groups -OCH3 is 2. The van der Waals surface area contributed by atoms with Crippen molar-refractivity contribution in [2.45, 2.75) is 20.5 Å². The minimum atomic E-state index is 0.190. The summed E-state index contributed by atoms with van der Waals surface area (Å²) >= 11 is 5.60. The van der Waals surface area contributed by atoms with Crippen molar-refractivity contribution in [3.8, 4) is 17.2 Å². The molecule has 0 radical (unpaired) electrons. The average Bonchev–Trinajstić information content (AvgIpc) is 2.55. The van der Waals surface area contributed by atoms with Crippen molar-refractivity contribution in [3.05, 3.63) is 41.4 Å². The van der Waals surface area contributed by atoms with Crippen LogP contribution in [0.15, 0.2) is 30.6 Å². The molecular weight excluding hydrogens is 292 g/mol. The van der Waals surface area contributed by atoms with E-state index in [0.29, 0.717) is 23.9 Å². The van der Waals surface area contributed by atoms with Gasteiger partial charge in [0.05, 0.1) is 26.6 Å². The lowest BCUT2D eigenvalue weighted by Gasteiger charge is -2.09. The van der Waals surface area contributed by atoms with Gasteiger partial charge in [0.1, 0.15) is 18.1 Å². The lowest BCUT2D eigenvalue weighted by Crippen LogP contribution is -1.98. The Kier molecular flexibility index (Phi) is 7.32. The lowest BCUT2D eigenvalue weighted by molar-refractivity contribution is 0.301. The number of halogens is 1. The zero-order chi connectivity index (χ0) is 15.7. The minimum Gasteiger partial charge on any atom is -0.497 e. The zero-order valence-electron chi connectivity index (χ0n) is 12.6. The molecule has 2 aromatic rings. The van der Waals surface area contributed by atoms with E-state index >= 15 is 0 Å². The Hall–Kier alpha value is -2.01. The molecule has 21 heavy (non-hydrogen) atoms. The number of aromatic nitrogens is 2. The maximum Gasteiger partial charge on any atom is 0.222 e. The largest absolute Gasteiger partial charge is 0.497 e. The van der Waals surface area contributed by atoms with Gasteiger partial charge in [0.25, 0.3) is 0 Å². The molecule has 0 aliphatic carbocycles. The van der Waals surface area contributed by atoms with Gasteiger partial charge in [-0.05, 0) is 29.3 Å². The fourth-order valence-electron chi connectivity index (χ4n) is 1.49. The molecule has 0 saturated heterocycles. The molecule has 0 saturated carbocycles. The van der Waals surface area contributed by atoms with Crippen LogP contribution in [-0.4, -0.2) is 24.2 Å². The van der Waals surface area contributed by atoms with E-state index in [9.17, 15) is 0 Å². The van der Waals surface area contributed by atoms with Gasteiger partial charge in [-0.3, -0.25) is 0 Å². The van der Waals surface area contributed by atoms with Gasteiger partial charge < -0.3 is 14.2 Å². The van der Waals surface area contributed by atoms with Crippen molar-refractivity contribution < 1.29 is 14.2 Å². The summed E-state index contributed by atoms with van der Waals surface area (Å²) in [4.78, 5) is 7.68. The molecule has 1 heterocycles. The second-order valence-electron chi connectivity index (χ2n) is 3.70. The molecule has 0 aliphatic heterocycles. The Balaban J connectivity index is 0.00000106. The number of benzene rings is 1. The quantitative estimate of drug-likeness (QED) is 0.787. The Bertz CT molecular complexity index is 525. The number of rotatable bonds is 5. The van der Waals surface area contributed by atoms with Crippen molar-refractivity contribution in [3.63, 3.8) is 0 Å². The predicted molar refractivity (Wildman–Crippen MR) is 82.3 cm³/mol. The number of hydrogen-bond acceptors (Lipinski definition) is 5. The van der Waals surface area contributed by atoms with E-state index in [0.717, 1.165) is 5.56 Å². The predicted octanol–water partition coefficient (Wildman–Crippen LogP) is 3.75. The molecule has 6 heteroatoms. The van der Waals surface area contributed by atoms with E-state index in [1.54, 1.807) is 20.3 Å². The van der Waals surface area contributed by atoms with E-state index in [1.165, 1.54) is 12.4 Å². The number of nitrogens with zero attached hydrogens (tertiary/aromatic N) is 2. The Labute approximate surface area is 129 Å². The zero-order valence-corrected chi connectivity index (χ0v) is 13.3. The van der Waals surface area contributed by atoms with Gasteiger partial charge in [0, 0.05) is 6.07 Å². The highest BCUT2D eigenvalue weighted by Gasteiger charge is 2.03. The van der Waals surface area contributed by atoms with Crippen LogP contribution in [0.4, 0.5) is 0 Å². The van der Waals surface area contributed by atoms with Crippen LogP contribution < -0.4 is 14.2 Å². The van der Waals surface area contributed by atoms with E-state index in [4.69, 9.17) is 25.8 Å². The molecule has 114 valence electrons. The maximum absolute atomic E-state index is 5.60. The van der Waals surface area contributed by atoms with Crippen LogP contribution in [0.1, 0.15) is 19.4 Å². The van der Waals surface area contributed by atoms with Gasteiger partial charge in [0.2, 0.25) is 5.28 Å². The van der Waals surface area contributed by atoms with Crippen LogP contribution in [0, 0.1) is 0 Å². The normalized spacial score (nSPS) is 9.38. The lowest BCUT2D eigenvalue weighted by atomic mass is 10.2. The highest BCUT2D eigenvalue weighted by atomic mass is 35.5. The number of hydrogen-bond donors (Lipinski definition) is 0. The Morgan fingerprint density at radius 2 is 1.43 bits per heavy atom. The first-order chi connectivity index (χ1) is 10.2. The summed E-state index contributed by atoms with van der Waals surface area (Å²) in [6.07, 6.45) is 3.04. The van der Waals surface area contributed by atoms with Gasteiger partial charge in [-0.25, -0.2) is 9.97 Å². The molecule has 1 aromatic carbocycles. The highest BCUT2D eigenvalue weighted by molar-refractivity contribution is 6.28. The van der Waals surface area contributed by atoms with Crippen molar-refractivity contribution in [2.24, 2.45) is 0 Å². The van der Waals surface area contributed by atoms with Crippen LogP contribution in [0.5, 0.6) is 17.2 Å². The van der Waals surface area contributed by atoms with Gasteiger partial charge >= 0.3 is 0 Å². The molecule has 0 fully saturated rings. The Morgan fingerprint density at radius 3 is 1.90 bits per heavy atom. The van der Waals surface area contributed by atoms with Crippen LogP contribution in [-0.2, 0) is 6.61 Å². The van der Waals surface area contributed by atoms with Crippen molar-refractivity contribution >= 4 is 11.6 Å². The highest BCUT2D eigenvalue weighted by Crippen LogP contribution is 2.23. The molecule has 2 rings (SSSR count). The van der Waals surface area contributed by atoms with Crippen LogP contribution in [0.25, 0.3) is 0 Å². The van der Waals surface area contributed by atoms with Crippen LogP contribution >= 0.6 is 11.6 Å². The summed E-state index contributed by atoms with van der Waals surface area (Å²) in [6, 6.07) is 5.55. The van der Waals surface area contributed by atoms with Crippen LogP contribution in [0.2, 0.25) is 5.28 Å². The third kappa shape index (κ3) is 5.47. The summed E-state index contributed by atoms with van der Waals surface area (Å²) < 4.78 is 15.9.